The fourth-order valence-corrected chi connectivity index (χ4v) is 6.28. The number of rotatable bonds is 5. The summed E-state index contributed by atoms with van der Waals surface area (Å²) in [6.45, 7) is 0. The van der Waals surface area contributed by atoms with Gasteiger partial charge < -0.3 is 0 Å². The maximum atomic E-state index is 2.25. The van der Waals surface area contributed by atoms with E-state index in [-0.39, 0.29) is 0 Å². The summed E-state index contributed by atoms with van der Waals surface area (Å²) in [5.41, 5.74) is 7.55. The van der Waals surface area contributed by atoms with Crippen LogP contribution < -0.4 is 0 Å². The molecule has 0 radical (unpaired) electrons. The fourth-order valence-electron chi connectivity index (χ4n) is 4.17. The summed E-state index contributed by atoms with van der Waals surface area (Å²) >= 11 is 3.72. The van der Waals surface area contributed by atoms with Gasteiger partial charge in [0.1, 0.15) is 0 Å². The molecule has 4 aromatic carbocycles. The Labute approximate surface area is 208 Å². The summed E-state index contributed by atoms with van der Waals surface area (Å²) in [5.74, 6) is 0. The van der Waals surface area contributed by atoms with Crippen LogP contribution in [0.3, 0.4) is 0 Å². The summed E-state index contributed by atoms with van der Waals surface area (Å²) in [6, 6.07) is 47.8. The second-order valence-corrected chi connectivity index (χ2v) is 10.4. The van der Waals surface area contributed by atoms with Crippen molar-refractivity contribution in [2.75, 3.05) is 0 Å². The molecular weight excluding hydrogens is 448 g/mol. The summed E-state index contributed by atoms with van der Waals surface area (Å²) in [7, 11) is 0. The minimum atomic E-state index is 1.25. The van der Waals surface area contributed by atoms with Crippen molar-refractivity contribution in [3.8, 4) is 52.9 Å². The lowest BCUT2D eigenvalue weighted by Crippen LogP contribution is -1.77. The fraction of sp³-hybridized carbons (Fsp3) is 0. The maximum Gasteiger partial charge on any atom is 0.0449 e. The maximum absolute atomic E-state index is 2.25. The van der Waals surface area contributed by atoms with Crippen LogP contribution in [0.4, 0.5) is 0 Å². The average molecular weight is 471 g/mol. The van der Waals surface area contributed by atoms with Gasteiger partial charge in [-0.2, -0.15) is 0 Å². The van der Waals surface area contributed by atoms with Crippen LogP contribution in [0.1, 0.15) is 0 Å². The molecule has 0 unspecified atom stereocenters. The average Bonchev–Trinajstić information content (AvgIpc) is 3.61. The highest BCUT2D eigenvalue weighted by atomic mass is 32.1. The molecule has 34 heavy (non-hydrogen) atoms. The molecule has 0 atom stereocenters. The van der Waals surface area contributed by atoms with Gasteiger partial charge in [0.25, 0.3) is 0 Å². The molecule has 6 rings (SSSR count). The Balaban J connectivity index is 1.21. The second-order valence-electron chi connectivity index (χ2n) is 8.21. The largest absolute Gasteiger partial charge is 0.134 e. The molecule has 0 spiro atoms. The third-order valence-corrected chi connectivity index (χ3v) is 8.47. The van der Waals surface area contributed by atoms with E-state index in [2.05, 4.69) is 133 Å². The highest BCUT2D eigenvalue weighted by Gasteiger charge is 2.10. The molecule has 0 amide bonds. The molecule has 2 heteroatoms. The molecule has 0 saturated carbocycles. The Morgan fingerprint density at radius 3 is 0.912 bits per heavy atom. The van der Waals surface area contributed by atoms with E-state index < -0.39 is 0 Å². The predicted octanol–water partition coefficient (Wildman–Crippen LogP) is 10.1. The monoisotopic (exact) mass is 470 g/mol. The summed E-state index contributed by atoms with van der Waals surface area (Å²) < 4.78 is 0. The molecule has 2 aromatic heterocycles. The molecule has 0 N–H and O–H groups in total. The van der Waals surface area contributed by atoms with Crippen LogP contribution in [0.15, 0.2) is 133 Å². The van der Waals surface area contributed by atoms with E-state index in [4.69, 9.17) is 0 Å². The number of benzene rings is 4. The van der Waals surface area contributed by atoms with Gasteiger partial charge >= 0.3 is 0 Å². The topological polar surface area (TPSA) is 0 Å². The molecule has 0 fully saturated rings. The van der Waals surface area contributed by atoms with Crippen LogP contribution in [0.5, 0.6) is 0 Å². The van der Waals surface area contributed by atoms with Crippen molar-refractivity contribution >= 4 is 22.7 Å². The van der Waals surface area contributed by atoms with Crippen molar-refractivity contribution in [2.24, 2.45) is 0 Å². The molecular formula is C32H22S2. The van der Waals surface area contributed by atoms with Gasteiger partial charge in [-0.1, -0.05) is 109 Å². The zero-order valence-corrected chi connectivity index (χ0v) is 20.2. The molecule has 6 aromatic rings. The van der Waals surface area contributed by atoms with E-state index in [0.29, 0.717) is 0 Å². The van der Waals surface area contributed by atoms with Crippen LogP contribution in [0.25, 0.3) is 52.9 Å². The third-order valence-electron chi connectivity index (χ3n) is 6.01. The summed E-state index contributed by atoms with van der Waals surface area (Å²) in [5, 5.41) is 0. The van der Waals surface area contributed by atoms with E-state index in [1.54, 1.807) is 0 Å². The van der Waals surface area contributed by atoms with Crippen LogP contribution in [0, 0.1) is 0 Å². The van der Waals surface area contributed by atoms with Gasteiger partial charge in [0.15, 0.2) is 0 Å². The lowest BCUT2D eigenvalue weighted by atomic mass is 10.0. The summed E-state index contributed by atoms with van der Waals surface area (Å²) in [6.07, 6.45) is 0. The normalized spacial score (nSPS) is 10.9. The predicted molar refractivity (Wildman–Crippen MR) is 149 cm³/mol. The first-order valence-electron chi connectivity index (χ1n) is 11.4. The van der Waals surface area contributed by atoms with Gasteiger partial charge in [0.2, 0.25) is 0 Å². The van der Waals surface area contributed by atoms with Crippen LogP contribution in [0.2, 0.25) is 0 Å². The first kappa shape index (κ1) is 20.9. The van der Waals surface area contributed by atoms with Crippen molar-refractivity contribution in [3.05, 3.63) is 133 Å². The molecule has 0 saturated heterocycles. The van der Waals surface area contributed by atoms with Gasteiger partial charge in [-0.3, -0.25) is 0 Å². The standard InChI is InChI=1S/C32H22S2/c1-3-7-23(8-4-1)25-11-15-27(16-12-25)29-19-21-31(33-29)32-22-20-30(34-32)28-17-13-26(14-18-28)24-9-5-2-6-10-24/h1-22H. The van der Waals surface area contributed by atoms with Crippen molar-refractivity contribution in [1.29, 1.82) is 0 Å². The zero-order valence-electron chi connectivity index (χ0n) is 18.5. The van der Waals surface area contributed by atoms with Gasteiger partial charge in [-0.25, -0.2) is 0 Å². The molecule has 0 bridgehead atoms. The number of hydrogen-bond donors (Lipinski definition) is 0. The Morgan fingerprint density at radius 1 is 0.235 bits per heavy atom. The van der Waals surface area contributed by atoms with Crippen molar-refractivity contribution in [3.63, 3.8) is 0 Å². The van der Waals surface area contributed by atoms with Crippen LogP contribution in [-0.4, -0.2) is 0 Å². The molecule has 2 heterocycles. The van der Waals surface area contributed by atoms with E-state index in [9.17, 15) is 0 Å². The molecule has 0 aliphatic heterocycles. The van der Waals surface area contributed by atoms with Crippen molar-refractivity contribution in [1.82, 2.24) is 0 Å². The quantitative estimate of drug-likeness (QED) is 0.235. The van der Waals surface area contributed by atoms with E-state index in [1.165, 1.54) is 52.9 Å². The van der Waals surface area contributed by atoms with Gasteiger partial charge in [-0.15, -0.1) is 22.7 Å². The lowest BCUT2D eigenvalue weighted by molar-refractivity contribution is 1.62. The highest BCUT2D eigenvalue weighted by Crippen LogP contribution is 2.40. The molecule has 162 valence electrons. The van der Waals surface area contributed by atoms with Crippen molar-refractivity contribution in [2.45, 2.75) is 0 Å². The Morgan fingerprint density at radius 2 is 0.529 bits per heavy atom. The minimum absolute atomic E-state index is 1.25. The molecule has 0 aliphatic carbocycles. The Hall–Kier alpha value is -3.72. The minimum Gasteiger partial charge on any atom is -0.134 e. The first-order valence-corrected chi connectivity index (χ1v) is 13.0. The van der Waals surface area contributed by atoms with Crippen LogP contribution >= 0.6 is 22.7 Å². The highest BCUT2D eigenvalue weighted by molar-refractivity contribution is 7.25. The second kappa shape index (κ2) is 9.26. The Bertz CT molecular complexity index is 1380. The third kappa shape index (κ3) is 4.26. The lowest BCUT2D eigenvalue weighted by Gasteiger charge is -2.03. The van der Waals surface area contributed by atoms with Gasteiger partial charge in [0, 0.05) is 19.5 Å². The van der Waals surface area contributed by atoms with E-state index >= 15 is 0 Å². The molecule has 0 nitrogen and oxygen atoms in total. The SMILES string of the molecule is c1ccc(-c2ccc(-c3ccc(-c4ccc(-c5ccc(-c6ccccc6)cc5)s4)s3)cc2)cc1. The Kier molecular flexibility index (Phi) is 5.68. The molecule has 0 aliphatic rings. The van der Waals surface area contributed by atoms with Crippen molar-refractivity contribution < 1.29 is 0 Å². The number of thiophene rings is 2. The number of hydrogen-bond acceptors (Lipinski definition) is 2. The van der Waals surface area contributed by atoms with Gasteiger partial charge in [-0.05, 0) is 57.6 Å². The van der Waals surface area contributed by atoms with E-state index in [0.717, 1.165) is 0 Å². The van der Waals surface area contributed by atoms with E-state index in [1.807, 2.05) is 22.7 Å². The zero-order chi connectivity index (χ0) is 22.7. The summed E-state index contributed by atoms with van der Waals surface area (Å²) in [4.78, 5) is 5.24. The first-order chi connectivity index (χ1) is 16.8. The van der Waals surface area contributed by atoms with Crippen LogP contribution in [-0.2, 0) is 0 Å². The smallest absolute Gasteiger partial charge is 0.0449 e. The van der Waals surface area contributed by atoms with Gasteiger partial charge in [0.05, 0.1) is 0 Å².